The highest BCUT2D eigenvalue weighted by Gasteiger charge is 2.33. The maximum absolute atomic E-state index is 13.5. The Hall–Kier alpha value is -3.45. The van der Waals surface area contributed by atoms with Crippen molar-refractivity contribution in [1.29, 1.82) is 0 Å². The van der Waals surface area contributed by atoms with Crippen LogP contribution in [0.1, 0.15) is 47.6 Å². The molecule has 6 nitrogen and oxygen atoms in total. The Labute approximate surface area is 205 Å². The summed E-state index contributed by atoms with van der Waals surface area (Å²) in [6, 6.07) is 21.8. The molecule has 34 heavy (non-hydrogen) atoms. The van der Waals surface area contributed by atoms with Gasteiger partial charge < -0.3 is 15.5 Å². The van der Waals surface area contributed by atoms with Gasteiger partial charge in [0.2, 0.25) is 11.8 Å². The Balaban J connectivity index is 1.88. The van der Waals surface area contributed by atoms with Crippen LogP contribution in [0.5, 0.6) is 0 Å². The second kappa shape index (κ2) is 11.6. The van der Waals surface area contributed by atoms with E-state index in [9.17, 15) is 14.4 Å². The molecule has 0 unspecified atom stereocenters. The zero-order valence-corrected chi connectivity index (χ0v) is 20.6. The van der Waals surface area contributed by atoms with Crippen LogP contribution in [-0.4, -0.2) is 41.2 Å². The zero-order chi connectivity index (χ0) is 24.6. The van der Waals surface area contributed by atoms with Crippen molar-refractivity contribution in [2.75, 3.05) is 13.1 Å². The number of carbonyl (C=O) groups excluding carboxylic acids is 3. The zero-order valence-electron chi connectivity index (χ0n) is 19.8. The summed E-state index contributed by atoms with van der Waals surface area (Å²) < 4.78 is 0. The van der Waals surface area contributed by atoms with E-state index in [4.69, 9.17) is 0 Å². The summed E-state index contributed by atoms with van der Waals surface area (Å²) in [5.74, 6) is -0.884. The summed E-state index contributed by atoms with van der Waals surface area (Å²) in [4.78, 5) is 41.4. The number of benzene rings is 2. The van der Waals surface area contributed by atoms with Crippen LogP contribution in [0.25, 0.3) is 0 Å². The predicted molar refractivity (Wildman–Crippen MR) is 136 cm³/mol. The van der Waals surface area contributed by atoms with Gasteiger partial charge in [0.1, 0.15) is 6.04 Å². The van der Waals surface area contributed by atoms with E-state index in [2.05, 4.69) is 10.6 Å². The number of hydrogen-bond acceptors (Lipinski definition) is 4. The van der Waals surface area contributed by atoms with Gasteiger partial charge in [0.15, 0.2) is 0 Å². The lowest BCUT2D eigenvalue weighted by molar-refractivity contribution is -0.140. The van der Waals surface area contributed by atoms with Crippen LogP contribution in [0.2, 0.25) is 0 Å². The molecule has 3 aromatic rings. The molecule has 0 aliphatic rings. The number of hydrogen-bond donors (Lipinski definition) is 2. The first kappa shape index (κ1) is 25.2. The Morgan fingerprint density at radius 3 is 2.15 bits per heavy atom. The van der Waals surface area contributed by atoms with E-state index in [0.717, 1.165) is 11.1 Å². The second-order valence-corrected chi connectivity index (χ2v) is 9.98. The standard InChI is InChI=1S/C27H31N3O3S/c1-27(2,3)29-26(33)24(21-13-8-5-9-14-21)30(17-16-20-11-6-4-7-12-20)23(31)19-28-25(32)22-15-10-18-34-22/h4-15,18,24H,16-17,19H2,1-3H3,(H,28,32)(H,29,33)/t24-/m1/s1. The Kier molecular flexibility index (Phi) is 8.60. The normalized spacial score (nSPS) is 12.0. The van der Waals surface area contributed by atoms with Crippen LogP contribution in [0, 0.1) is 0 Å². The van der Waals surface area contributed by atoms with Gasteiger partial charge in [-0.2, -0.15) is 0 Å². The average molecular weight is 478 g/mol. The molecular formula is C27H31N3O3S. The highest BCUT2D eigenvalue weighted by atomic mass is 32.1. The van der Waals surface area contributed by atoms with E-state index < -0.39 is 11.6 Å². The monoisotopic (exact) mass is 477 g/mol. The van der Waals surface area contributed by atoms with Crippen LogP contribution in [-0.2, 0) is 16.0 Å². The fourth-order valence-electron chi connectivity index (χ4n) is 3.59. The molecule has 2 N–H and O–H groups in total. The molecule has 7 heteroatoms. The van der Waals surface area contributed by atoms with E-state index in [0.29, 0.717) is 17.8 Å². The minimum atomic E-state index is -0.824. The third kappa shape index (κ3) is 7.28. The maximum Gasteiger partial charge on any atom is 0.261 e. The maximum atomic E-state index is 13.5. The molecule has 3 amide bonds. The van der Waals surface area contributed by atoms with Gasteiger partial charge in [0.05, 0.1) is 11.4 Å². The van der Waals surface area contributed by atoms with Crippen molar-refractivity contribution in [3.8, 4) is 0 Å². The number of thiophene rings is 1. The molecule has 0 radical (unpaired) electrons. The molecule has 3 rings (SSSR count). The highest BCUT2D eigenvalue weighted by Crippen LogP contribution is 2.23. The van der Waals surface area contributed by atoms with Gasteiger partial charge in [0, 0.05) is 12.1 Å². The van der Waals surface area contributed by atoms with Crippen molar-refractivity contribution in [3.63, 3.8) is 0 Å². The fourth-order valence-corrected chi connectivity index (χ4v) is 4.23. The first-order chi connectivity index (χ1) is 16.2. The molecule has 0 saturated heterocycles. The summed E-state index contributed by atoms with van der Waals surface area (Å²) in [7, 11) is 0. The lowest BCUT2D eigenvalue weighted by Gasteiger charge is -2.34. The van der Waals surface area contributed by atoms with Crippen molar-refractivity contribution in [3.05, 3.63) is 94.2 Å². The molecule has 0 aliphatic heterocycles. The minimum Gasteiger partial charge on any atom is -0.349 e. The van der Waals surface area contributed by atoms with Gasteiger partial charge in [-0.05, 0) is 49.8 Å². The van der Waals surface area contributed by atoms with E-state index >= 15 is 0 Å². The summed E-state index contributed by atoms with van der Waals surface area (Å²) in [5.41, 5.74) is 1.31. The quantitative estimate of drug-likeness (QED) is 0.485. The third-order valence-corrected chi connectivity index (χ3v) is 5.99. The molecule has 1 heterocycles. The lowest BCUT2D eigenvalue weighted by atomic mass is 10.0. The molecule has 0 aliphatic carbocycles. The smallest absolute Gasteiger partial charge is 0.261 e. The molecule has 2 aromatic carbocycles. The topological polar surface area (TPSA) is 78.5 Å². The van der Waals surface area contributed by atoms with Gasteiger partial charge >= 0.3 is 0 Å². The third-order valence-electron chi connectivity index (χ3n) is 5.12. The lowest BCUT2D eigenvalue weighted by Crippen LogP contribution is -2.51. The van der Waals surface area contributed by atoms with Crippen molar-refractivity contribution in [1.82, 2.24) is 15.5 Å². The van der Waals surface area contributed by atoms with Crippen molar-refractivity contribution in [2.24, 2.45) is 0 Å². The first-order valence-electron chi connectivity index (χ1n) is 11.3. The van der Waals surface area contributed by atoms with E-state index in [-0.39, 0.29) is 24.3 Å². The van der Waals surface area contributed by atoms with Gasteiger partial charge in [0.25, 0.3) is 5.91 Å². The van der Waals surface area contributed by atoms with Crippen molar-refractivity contribution < 1.29 is 14.4 Å². The van der Waals surface area contributed by atoms with Crippen molar-refractivity contribution in [2.45, 2.75) is 38.8 Å². The van der Waals surface area contributed by atoms with E-state index in [1.54, 1.807) is 17.0 Å². The highest BCUT2D eigenvalue weighted by molar-refractivity contribution is 7.12. The van der Waals surface area contributed by atoms with E-state index in [1.165, 1.54) is 11.3 Å². The summed E-state index contributed by atoms with van der Waals surface area (Å²) in [5, 5.41) is 7.54. The number of nitrogens with one attached hydrogen (secondary N) is 2. The van der Waals surface area contributed by atoms with Gasteiger partial charge in [-0.1, -0.05) is 66.7 Å². The number of amides is 3. The Morgan fingerprint density at radius 1 is 0.912 bits per heavy atom. The van der Waals surface area contributed by atoms with Crippen LogP contribution in [0.4, 0.5) is 0 Å². The van der Waals surface area contributed by atoms with Crippen LogP contribution < -0.4 is 10.6 Å². The van der Waals surface area contributed by atoms with Gasteiger partial charge in [-0.3, -0.25) is 14.4 Å². The summed E-state index contributed by atoms with van der Waals surface area (Å²) in [6.07, 6.45) is 0.581. The number of nitrogens with zero attached hydrogens (tertiary/aromatic N) is 1. The number of rotatable bonds is 9. The Morgan fingerprint density at radius 2 is 1.56 bits per heavy atom. The van der Waals surface area contributed by atoms with Crippen LogP contribution in [0.3, 0.4) is 0 Å². The Bertz CT molecular complexity index is 1080. The molecule has 1 atom stereocenters. The first-order valence-corrected chi connectivity index (χ1v) is 12.1. The predicted octanol–water partition coefficient (Wildman–Crippen LogP) is 4.21. The van der Waals surface area contributed by atoms with E-state index in [1.807, 2.05) is 86.8 Å². The van der Waals surface area contributed by atoms with Crippen molar-refractivity contribution >= 4 is 29.1 Å². The summed E-state index contributed by atoms with van der Waals surface area (Å²) in [6.45, 7) is 5.85. The van der Waals surface area contributed by atoms with Gasteiger partial charge in [-0.25, -0.2) is 0 Å². The minimum absolute atomic E-state index is 0.197. The molecule has 1 aromatic heterocycles. The largest absolute Gasteiger partial charge is 0.349 e. The molecular weight excluding hydrogens is 446 g/mol. The SMILES string of the molecule is CC(C)(C)NC(=O)[C@@H](c1ccccc1)N(CCc1ccccc1)C(=O)CNC(=O)c1cccs1. The fraction of sp³-hybridized carbons (Fsp3) is 0.296. The average Bonchev–Trinajstić information content (AvgIpc) is 3.35. The number of carbonyl (C=O) groups is 3. The molecule has 178 valence electrons. The molecule has 0 bridgehead atoms. The van der Waals surface area contributed by atoms with Crippen LogP contribution >= 0.6 is 11.3 Å². The van der Waals surface area contributed by atoms with Gasteiger partial charge in [-0.15, -0.1) is 11.3 Å². The molecule has 0 fully saturated rings. The molecule has 0 saturated carbocycles. The summed E-state index contributed by atoms with van der Waals surface area (Å²) >= 11 is 1.31. The second-order valence-electron chi connectivity index (χ2n) is 9.04. The van der Waals surface area contributed by atoms with Crippen LogP contribution in [0.15, 0.2) is 78.2 Å². The molecule has 0 spiro atoms.